The summed E-state index contributed by atoms with van der Waals surface area (Å²) in [5.41, 5.74) is 0. The maximum absolute atomic E-state index is 5.04. The van der Waals surface area contributed by atoms with E-state index in [2.05, 4.69) is 31.0 Å². The molecule has 1 aliphatic heterocycles. The summed E-state index contributed by atoms with van der Waals surface area (Å²) in [7, 11) is 0. The lowest BCUT2D eigenvalue weighted by atomic mass is 10.3. The molecule has 8 nitrogen and oxygen atoms in total. The second-order valence-corrected chi connectivity index (χ2v) is 6.19. The van der Waals surface area contributed by atoms with Gasteiger partial charge in [0, 0.05) is 45.5 Å². The van der Waals surface area contributed by atoms with Crippen LogP contribution >= 0.6 is 0 Å². The highest BCUT2D eigenvalue weighted by Gasteiger charge is 2.20. The third kappa shape index (κ3) is 3.39. The average molecular weight is 339 g/mol. The van der Waals surface area contributed by atoms with E-state index in [1.165, 1.54) is 0 Å². The monoisotopic (exact) mass is 339 g/mol. The number of piperazine rings is 1. The molecule has 8 heteroatoms. The van der Waals surface area contributed by atoms with Gasteiger partial charge in [0.15, 0.2) is 5.82 Å². The zero-order chi connectivity index (χ0) is 17.2. The van der Waals surface area contributed by atoms with Crippen molar-refractivity contribution >= 4 is 5.82 Å². The van der Waals surface area contributed by atoms with Crippen LogP contribution < -0.4 is 4.90 Å². The van der Waals surface area contributed by atoms with Crippen molar-refractivity contribution in [3.05, 3.63) is 48.1 Å². The molecule has 3 aromatic rings. The molecule has 0 bridgehead atoms. The van der Waals surface area contributed by atoms with Gasteiger partial charge in [0.1, 0.15) is 17.5 Å². The summed E-state index contributed by atoms with van der Waals surface area (Å²) in [4.78, 5) is 18.0. The first-order chi connectivity index (χ1) is 12.2. The first kappa shape index (κ1) is 15.8. The van der Waals surface area contributed by atoms with Crippen molar-refractivity contribution in [3.63, 3.8) is 0 Å². The van der Waals surface area contributed by atoms with Crippen molar-refractivity contribution in [2.45, 2.75) is 20.4 Å². The Balaban J connectivity index is 1.41. The van der Waals surface area contributed by atoms with E-state index in [0.717, 1.165) is 56.0 Å². The van der Waals surface area contributed by atoms with Crippen molar-refractivity contribution in [3.8, 4) is 5.82 Å². The van der Waals surface area contributed by atoms with Crippen LogP contribution in [0.4, 0.5) is 5.82 Å². The summed E-state index contributed by atoms with van der Waals surface area (Å²) in [6.07, 6.45) is 3.73. The minimum Gasteiger partial charge on any atom is -0.354 e. The van der Waals surface area contributed by atoms with Crippen LogP contribution in [-0.4, -0.2) is 55.8 Å². The van der Waals surface area contributed by atoms with Gasteiger partial charge in [-0.3, -0.25) is 9.47 Å². The number of aromatic nitrogens is 5. The molecule has 0 aromatic carbocycles. The van der Waals surface area contributed by atoms with Crippen LogP contribution in [0.5, 0.6) is 0 Å². The van der Waals surface area contributed by atoms with Crippen LogP contribution in [0.2, 0.25) is 0 Å². The number of rotatable bonds is 4. The first-order valence-corrected chi connectivity index (χ1v) is 8.43. The number of anilines is 1. The van der Waals surface area contributed by atoms with E-state index in [9.17, 15) is 0 Å². The molecule has 1 fully saturated rings. The molecule has 4 rings (SSSR count). The standard InChI is InChI=1S/C17H21N7O/c1-13-18-6-7-24(13)17-5-3-4-16(20-17)23-10-8-22(9-11-23)12-15-19-14(2)25-21-15/h3-7H,8-12H2,1-2H3. The van der Waals surface area contributed by atoms with E-state index in [0.29, 0.717) is 5.89 Å². The van der Waals surface area contributed by atoms with Gasteiger partial charge in [-0.05, 0) is 19.1 Å². The predicted octanol–water partition coefficient (Wildman–Crippen LogP) is 1.59. The van der Waals surface area contributed by atoms with E-state index >= 15 is 0 Å². The van der Waals surface area contributed by atoms with Crippen LogP contribution in [0.1, 0.15) is 17.5 Å². The van der Waals surface area contributed by atoms with Crippen LogP contribution in [0.15, 0.2) is 35.1 Å². The zero-order valence-electron chi connectivity index (χ0n) is 14.5. The van der Waals surface area contributed by atoms with E-state index in [4.69, 9.17) is 9.51 Å². The summed E-state index contributed by atoms with van der Waals surface area (Å²) in [5.74, 6) is 4.20. The van der Waals surface area contributed by atoms with Crippen LogP contribution in [0, 0.1) is 13.8 Å². The van der Waals surface area contributed by atoms with Gasteiger partial charge in [-0.1, -0.05) is 11.2 Å². The Morgan fingerprint density at radius 2 is 1.84 bits per heavy atom. The summed E-state index contributed by atoms with van der Waals surface area (Å²) < 4.78 is 7.04. The SMILES string of the molecule is Cc1nc(CN2CCN(c3cccc(-n4ccnc4C)n3)CC2)no1. The van der Waals surface area contributed by atoms with E-state index in [1.807, 2.05) is 36.7 Å². The van der Waals surface area contributed by atoms with Gasteiger partial charge in [0.05, 0.1) is 6.54 Å². The lowest BCUT2D eigenvalue weighted by molar-refractivity contribution is 0.239. The van der Waals surface area contributed by atoms with E-state index in [1.54, 1.807) is 6.20 Å². The fourth-order valence-electron chi connectivity index (χ4n) is 3.08. The molecule has 0 spiro atoms. The quantitative estimate of drug-likeness (QED) is 0.714. The number of pyridine rings is 1. The summed E-state index contributed by atoms with van der Waals surface area (Å²) in [6, 6.07) is 6.12. The summed E-state index contributed by atoms with van der Waals surface area (Å²) >= 11 is 0. The van der Waals surface area contributed by atoms with Gasteiger partial charge in [-0.25, -0.2) is 9.97 Å². The minimum absolute atomic E-state index is 0.615. The third-order valence-corrected chi connectivity index (χ3v) is 4.42. The molecule has 1 aliphatic rings. The number of hydrogen-bond donors (Lipinski definition) is 0. The number of aryl methyl sites for hydroxylation is 2. The fourth-order valence-corrected chi connectivity index (χ4v) is 3.08. The van der Waals surface area contributed by atoms with E-state index in [-0.39, 0.29) is 0 Å². The minimum atomic E-state index is 0.615. The highest BCUT2D eigenvalue weighted by molar-refractivity contribution is 5.43. The molecule has 0 N–H and O–H groups in total. The van der Waals surface area contributed by atoms with E-state index < -0.39 is 0 Å². The fraction of sp³-hybridized carbons (Fsp3) is 0.412. The smallest absolute Gasteiger partial charge is 0.223 e. The largest absolute Gasteiger partial charge is 0.354 e. The molecule has 0 radical (unpaired) electrons. The van der Waals surface area contributed by atoms with Crippen molar-refractivity contribution in [1.29, 1.82) is 0 Å². The Morgan fingerprint density at radius 3 is 2.52 bits per heavy atom. The predicted molar refractivity (Wildman–Crippen MR) is 92.6 cm³/mol. The van der Waals surface area contributed by atoms with Gasteiger partial charge in [-0.15, -0.1) is 0 Å². The maximum atomic E-state index is 5.04. The van der Waals surface area contributed by atoms with Crippen LogP contribution in [0.25, 0.3) is 5.82 Å². The normalized spacial score (nSPS) is 15.7. The lowest BCUT2D eigenvalue weighted by Crippen LogP contribution is -2.46. The number of imidazole rings is 1. The lowest BCUT2D eigenvalue weighted by Gasteiger charge is -2.34. The molecule has 0 aliphatic carbocycles. The summed E-state index contributed by atoms with van der Waals surface area (Å²) in [5, 5.41) is 3.97. The first-order valence-electron chi connectivity index (χ1n) is 8.43. The van der Waals surface area contributed by atoms with Gasteiger partial charge < -0.3 is 9.42 Å². The van der Waals surface area contributed by atoms with Crippen LogP contribution in [-0.2, 0) is 6.54 Å². The van der Waals surface area contributed by atoms with Crippen molar-refractivity contribution in [2.24, 2.45) is 0 Å². The Labute approximate surface area is 146 Å². The highest BCUT2D eigenvalue weighted by Crippen LogP contribution is 2.17. The number of nitrogens with zero attached hydrogens (tertiary/aromatic N) is 7. The average Bonchev–Trinajstić information content (AvgIpc) is 3.24. The molecule has 0 unspecified atom stereocenters. The Kier molecular flexibility index (Phi) is 4.19. The zero-order valence-corrected chi connectivity index (χ0v) is 14.5. The Morgan fingerprint density at radius 1 is 1.04 bits per heavy atom. The summed E-state index contributed by atoms with van der Waals surface area (Å²) in [6.45, 7) is 8.27. The van der Waals surface area contributed by atoms with Crippen LogP contribution in [0.3, 0.4) is 0 Å². The highest BCUT2D eigenvalue weighted by atomic mass is 16.5. The molecule has 0 saturated carbocycles. The molecule has 0 amide bonds. The second kappa shape index (κ2) is 6.64. The second-order valence-electron chi connectivity index (χ2n) is 6.19. The molecule has 4 heterocycles. The van der Waals surface area contributed by atoms with Crippen molar-refractivity contribution in [2.75, 3.05) is 31.1 Å². The molecule has 0 atom stereocenters. The van der Waals surface area contributed by atoms with Gasteiger partial charge in [0.2, 0.25) is 5.89 Å². The molecule has 130 valence electrons. The molecular formula is C17H21N7O. The Bertz CT molecular complexity index is 848. The Hall–Kier alpha value is -2.74. The van der Waals surface area contributed by atoms with Gasteiger partial charge in [0.25, 0.3) is 0 Å². The van der Waals surface area contributed by atoms with Gasteiger partial charge in [-0.2, -0.15) is 4.98 Å². The topological polar surface area (TPSA) is 76.1 Å². The van der Waals surface area contributed by atoms with Crippen molar-refractivity contribution < 1.29 is 4.52 Å². The molecule has 25 heavy (non-hydrogen) atoms. The molecule has 3 aromatic heterocycles. The third-order valence-electron chi connectivity index (χ3n) is 4.42. The maximum Gasteiger partial charge on any atom is 0.223 e. The number of hydrogen-bond acceptors (Lipinski definition) is 7. The van der Waals surface area contributed by atoms with Gasteiger partial charge >= 0.3 is 0 Å². The van der Waals surface area contributed by atoms with Crippen molar-refractivity contribution in [1.82, 2.24) is 29.6 Å². The molecule has 1 saturated heterocycles. The molecular weight excluding hydrogens is 318 g/mol.